The molecule has 1 aliphatic carbocycles. The van der Waals surface area contributed by atoms with Gasteiger partial charge in [-0.2, -0.15) is 0 Å². The lowest BCUT2D eigenvalue weighted by molar-refractivity contribution is 0.0698. The Bertz CT molecular complexity index is 389. The van der Waals surface area contributed by atoms with Crippen molar-refractivity contribution in [3.05, 3.63) is 36.3 Å². The van der Waals surface area contributed by atoms with Crippen LogP contribution in [0.25, 0.3) is 11.1 Å². The van der Waals surface area contributed by atoms with Crippen molar-refractivity contribution in [1.29, 1.82) is 0 Å². The molecule has 0 fully saturated rings. The molecule has 1 N–H and O–H groups in total. The van der Waals surface area contributed by atoms with Crippen molar-refractivity contribution in [3.8, 4) is 11.1 Å². The van der Waals surface area contributed by atoms with Crippen molar-refractivity contribution in [2.45, 2.75) is 0 Å². The minimum Gasteiger partial charge on any atom is -0.478 e. The van der Waals surface area contributed by atoms with Gasteiger partial charge in [0.25, 0.3) is 0 Å². The Morgan fingerprint density at radius 2 is 2.17 bits per heavy atom. The average molecular weight is 162 g/mol. The monoisotopic (exact) mass is 162 g/mol. The lowest BCUT2D eigenvalue weighted by Crippen LogP contribution is -1.94. The molecule has 2 rings (SSSR count). The Balaban J connectivity index is 2.67. The summed E-state index contributed by atoms with van der Waals surface area (Å²) in [4.78, 5) is 10.6. The van der Waals surface area contributed by atoms with E-state index in [4.69, 9.17) is 9.52 Å². The molecule has 12 heavy (non-hydrogen) atoms. The highest BCUT2D eigenvalue weighted by molar-refractivity contribution is 5.97. The highest BCUT2D eigenvalue weighted by Gasteiger charge is 2.14. The fraction of sp³-hybridized carbons (Fsp3) is 0. The van der Waals surface area contributed by atoms with Gasteiger partial charge < -0.3 is 9.52 Å². The van der Waals surface area contributed by atoms with Gasteiger partial charge in [-0.1, -0.05) is 6.07 Å². The Morgan fingerprint density at radius 3 is 2.92 bits per heavy atom. The van der Waals surface area contributed by atoms with Gasteiger partial charge in [0.1, 0.15) is 0 Å². The largest absolute Gasteiger partial charge is 0.478 e. The average Bonchev–Trinajstić information content (AvgIpc) is 2.47. The first-order valence-corrected chi connectivity index (χ1v) is 3.47. The molecule has 0 aromatic carbocycles. The molecule has 60 valence electrons. The molecule has 0 radical (unpaired) electrons. The summed E-state index contributed by atoms with van der Waals surface area (Å²) in [6, 6.07) is 5.07. The predicted octanol–water partition coefficient (Wildman–Crippen LogP) is 2.08. The van der Waals surface area contributed by atoms with Crippen molar-refractivity contribution >= 4 is 5.97 Å². The van der Waals surface area contributed by atoms with Gasteiger partial charge in [0.2, 0.25) is 0 Å². The van der Waals surface area contributed by atoms with Crippen LogP contribution < -0.4 is 0 Å². The lowest BCUT2D eigenvalue weighted by Gasteiger charge is -1.96. The molecule has 2 aliphatic rings. The standard InChI is InChI=1S/C9H6O3/c10-9(11)7-2-1-6-3-4-12-5-8(6)7/h1-5H,(H,10,11). The summed E-state index contributed by atoms with van der Waals surface area (Å²) in [6.07, 6.45) is 2.97. The lowest BCUT2D eigenvalue weighted by atomic mass is 10.1. The first-order valence-electron chi connectivity index (χ1n) is 3.47. The highest BCUT2D eigenvalue weighted by Crippen LogP contribution is 2.27. The first-order chi connectivity index (χ1) is 5.79. The maximum absolute atomic E-state index is 10.6. The molecular weight excluding hydrogens is 156 g/mol. The van der Waals surface area contributed by atoms with Gasteiger partial charge >= 0.3 is 5.97 Å². The zero-order valence-corrected chi connectivity index (χ0v) is 6.15. The molecule has 1 aliphatic heterocycles. The van der Waals surface area contributed by atoms with Crippen LogP contribution in [0.1, 0.15) is 10.4 Å². The third kappa shape index (κ3) is 0.871. The Morgan fingerprint density at radius 1 is 1.33 bits per heavy atom. The van der Waals surface area contributed by atoms with E-state index >= 15 is 0 Å². The van der Waals surface area contributed by atoms with Gasteiger partial charge in [0.05, 0.1) is 18.1 Å². The number of carboxylic acid groups (broad SMARTS) is 1. The van der Waals surface area contributed by atoms with Crippen LogP contribution in [-0.2, 0) is 0 Å². The number of carbonyl (C=O) groups is 1. The molecule has 0 aromatic rings. The predicted molar refractivity (Wildman–Crippen MR) is 42.3 cm³/mol. The van der Waals surface area contributed by atoms with E-state index in [1.165, 1.54) is 12.5 Å². The number of hydrogen-bond donors (Lipinski definition) is 1. The number of hydrogen-bond acceptors (Lipinski definition) is 2. The molecule has 0 amide bonds. The SMILES string of the molecule is O=C(O)c1ccc2ccocc1-2. The highest BCUT2D eigenvalue weighted by atomic mass is 16.4. The topological polar surface area (TPSA) is 50.4 Å². The minimum atomic E-state index is -0.925. The van der Waals surface area contributed by atoms with Crippen LogP contribution in [-0.4, -0.2) is 11.1 Å². The van der Waals surface area contributed by atoms with Crippen molar-refractivity contribution in [3.63, 3.8) is 0 Å². The third-order valence-corrected chi connectivity index (χ3v) is 1.77. The minimum absolute atomic E-state index is 0.286. The Kier molecular flexibility index (Phi) is 1.37. The van der Waals surface area contributed by atoms with Gasteiger partial charge in [-0.05, 0) is 17.7 Å². The van der Waals surface area contributed by atoms with E-state index < -0.39 is 5.97 Å². The van der Waals surface area contributed by atoms with Crippen LogP contribution in [0, 0.1) is 0 Å². The quantitative estimate of drug-likeness (QED) is 0.698. The van der Waals surface area contributed by atoms with Crippen molar-refractivity contribution in [1.82, 2.24) is 0 Å². The van der Waals surface area contributed by atoms with E-state index in [-0.39, 0.29) is 5.56 Å². The number of aromatic carboxylic acids is 1. The zero-order valence-electron chi connectivity index (χ0n) is 6.15. The Hall–Kier alpha value is -1.77. The summed E-state index contributed by atoms with van der Waals surface area (Å²) in [5, 5.41) is 8.73. The van der Waals surface area contributed by atoms with Gasteiger partial charge in [-0.15, -0.1) is 0 Å². The molecule has 0 saturated heterocycles. The van der Waals surface area contributed by atoms with E-state index in [0.717, 1.165) is 5.56 Å². The summed E-state index contributed by atoms with van der Waals surface area (Å²) in [5.74, 6) is -0.925. The molecule has 0 spiro atoms. The number of carboxylic acids is 1. The summed E-state index contributed by atoms with van der Waals surface area (Å²) >= 11 is 0. The molecule has 0 saturated carbocycles. The molecule has 0 unspecified atom stereocenters. The van der Waals surface area contributed by atoms with Crippen LogP contribution in [0.15, 0.2) is 35.1 Å². The first kappa shape index (κ1) is 6.91. The number of fused-ring (bicyclic) bond motifs is 1. The van der Waals surface area contributed by atoms with Gasteiger partial charge in [0.15, 0.2) is 0 Å². The van der Waals surface area contributed by atoms with E-state index in [1.54, 1.807) is 18.2 Å². The summed E-state index contributed by atoms with van der Waals surface area (Å²) in [6.45, 7) is 0. The summed E-state index contributed by atoms with van der Waals surface area (Å²) < 4.78 is 4.88. The number of rotatable bonds is 1. The van der Waals surface area contributed by atoms with Crippen LogP contribution in [0.4, 0.5) is 0 Å². The van der Waals surface area contributed by atoms with Crippen molar-refractivity contribution in [2.75, 3.05) is 0 Å². The zero-order chi connectivity index (χ0) is 8.55. The molecule has 0 atom stereocenters. The van der Waals surface area contributed by atoms with Crippen LogP contribution >= 0.6 is 0 Å². The molecule has 1 heterocycles. The Labute approximate surface area is 68.6 Å². The van der Waals surface area contributed by atoms with E-state index in [1.807, 2.05) is 0 Å². The molecule has 3 heteroatoms. The van der Waals surface area contributed by atoms with Crippen LogP contribution in [0.2, 0.25) is 0 Å². The maximum atomic E-state index is 10.6. The van der Waals surface area contributed by atoms with E-state index in [2.05, 4.69) is 0 Å². The van der Waals surface area contributed by atoms with Crippen LogP contribution in [0.3, 0.4) is 0 Å². The van der Waals surface area contributed by atoms with Gasteiger partial charge in [-0.3, -0.25) is 0 Å². The second kappa shape index (κ2) is 2.37. The second-order valence-corrected chi connectivity index (χ2v) is 2.48. The van der Waals surface area contributed by atoms with Crippen LogP contribution in [0.5, 0.6) is 0 Å². The van der Waals surface area contributed by atoms with Crippen molar-refractivity contribution < 1.29 is 14.3 Å². The smallest absolute Gasteiger partial charge is 0.336 e. The molecule has 0 aromatic heterocycles. The van der Waals surface area contributed by atoms with E-state index in [9.17, 15) is 4.79 Å². The fourth-order valence-electron chi connectivity index (χ4n) is 1.19. The molecule has 0 bridgehead atoms. The molecular formula is C9H6O3. The third-order valence-electron chi connectivity index (χ3n) is 1.77. The normalized spacial score (nSPS) is 10.3. The van der Waals surface area contributed by atoms with E-state index in [0.29, 0.717) is 5.56 Å². The second-order valence-electron chi connectivity index (χ2n) is 2.48. The van der Waals surface area contributed by atoms with Crippen molar-refractivity contribution in [2.24, 2.45) is 0 Å². The van der Waals surface area contributed by atoms with Gasteiger partial charge in [0, 0.05) is 5.56 Å². The summed E-state index contributed by atoms with van der Waals surface area (Å²) in [7, 11) is 0. The molecule has 3 nitrogen and oxygen atoms in total. The summed E-state index contributed by atoms with van der Waals surface area (Å²) in [5.41, 5.74) is 1.82. The fourth-order valence-corrected chi connectivity index (χ4v) is 1.19. The van der Waals surface area contributed by atoms with Gasteiger partial charge in [-0.25, -0.2) is 4.79 Å². The maximum Gasteiger partial charge on any atom is 0.336 e.